The van der Waals surface area contributed by atoms with Crippen molar-refractivity contribution in [3.05, 3.63) is 86.8 Å². The van der Waals surface area contributed by atoms with Gasteiger partial charge in [-0.25, -0.2) is 17.9 Å². The van der Waals surface area contributed by atoms with E-state index in [9.17, 15) is 13.2 Å². The first-order valence-electron chi connectivity index (χ1n) is 9.39. The van der Waals surface area contributed by atoms with E-state index >= 15 is 0 Å². The maximum absolute atomic E-state index is 12.5. The number of aromatic nitrogens is 1. The van der Waals surface area contributed by atoms with Gasteiger partial charge in [-0.1, -0.05) is 17.7 Å². The third-order valence-corrected chi connectivity index (χ3v) is 7.25. The number of halogens is 1. The number of hydrogen-bond acceptors (Lipinski definition) is 6. The van der Waals surface area contributed by atoms with Crippen LogP contribution in [0.4, 0.5) is 0 Å². The van der Waals surface area contributed by atoms with E-state index < -0.39 is 16.0 Å². The Labute approximate surface area is 190 Å². The molecule has 9 heteroatoms. The van der Waals surface area contributed by atoms with Gasteiger partial charge in [-0.2, -0.15) is 0 Å². The predicted molar refractivity (Wildman–Crippen MR) is 123 cm³/mol. The summed E-state index contributed by atoms with van der Waals surface area (Å²) >= 11 is 7.38. The van der Waals surface area contributed by atoms with Crippen LogP contribution in [0.5, 0.6) is 0 Å². The van der Waals surface area contributed by atoms with E-state index in [1.54, 1.807) is 23.6 Å². The van der Waals surface area contributed by atoms with Crippen LogP contribution < -0.4 is 4.72 Å². The van der Waals surface area contributed by atoms with E-state index in [2.05, 4.69) is 14.4 Å². The second-order valence-corrected chi connectivity index (χ2v) is 9.97. The van der Waals surface area contributed by atoms with Gasteiger partial charge in [0, 0.05) is 46.2 Å². The van der Waals surface area contributed by atoms with Gasteiger partial charge in [0.15, 0.2) is 0 Å². The SMILES string of the molecule is COC(=O)/C=C/c1sc(Cc2cccnc2)cc1CCNS(=O)(=O)c1ccc(Cl)cc1. The lowest BCUT2D eigenvalue weighted by molar-refractivity contribution is -0.134. The van der Waals surface area contributed by atoms with Crippen LogP contribution in [0.2, 0.25) is 5.02 Å². The van der Waals surface area contributed by atoms with Crippen molar-refractivity contribution in [3.8, 4) is 0 Å². The summed E-state index contributed by atoms with van der Waals surface area (Å²) in [6, 6.07) is 11.9. The van der Waals surface area contributed by atoms with Crippen molar-refractivity contribution < 1.29 is 17.9 Å². The van der Waals surface area contributed by atoms with Crippen molar-refractivity contribution in [1.29, 1.82) is 0 Å². The van der Waals surface area contributed by atoms with Crippen LogP contribution in [0, 0.1) is 0 Å². The molecule has 0 spiro atoms. The number of carbonyl (C=O) groups is 1. The van der Waals surface area contributed by atoms with Crippen LogP contribution in [0.15, 0.2) is 65.8 Å². The molecule has 0 fully saturated rings. The van der Waals surface area contributed by atoms with Crippen LogP contribution in [0.3, 0.4) is 0 Å². The third kappa shape index (κ3) is 6.73. The van der Waals surface area contributed by atoms with Crippen LogP contribution in [-0.4, -0.2) is 33.0 Å². The monoisotopic (exact) mass is 476 g/mol. The molecule has 1 aromatic carbocycles. The van der Waals surface area contributed by atoms with Crippen LogP contribution in [-0.2, 0) is 32.4 Å². The molecule has 31 heavy (non-hydrogen) atoms. The van der Waals surface area contributed by atoms with Gasteiger partial charge in [0.05, 0.1) is 12.0 Å². The largest absolute Gasteiger partial charge is 0.466 e. The highest BCUT2D eigenvalue weighted by atomic mass is 35.5. The molecule has 0 bridgehead atoms. The van der Waals surface area contributed by atoms with Gasteiger partial charge in [-0.3, -0.25) is 4.98 Å². The highest BCUT2D eigenvalue weighted by molar-refractivity contribution is 7.89. The summed E-state index contributed by atoms with van der Waals surface area (Å²) in [5, 5.41) is 0.473. The van der Waals surface area contributed by atoms with E-state index in [-0.39, 0.29) is 11.4 Å². The number of nitrogens with zero attached hydrogens (tertiary/aromatic N) is 1. The number of methoxy groups -OCH3 is 1. The highest BCUT2D eigenvalue weighted by Crippen LogP contribution is 2.27. The van der Waals surface area contributed by atoms with Crippen molar-refractivity contribution in [2.75, 3.05) is 13.7 Å². The molecule has 6 nitrogen and oxygen atoms in total. The molecule has 2 aromatic heterocycles. The zero-order valence-corrected chi connectivity index (χ0v) is 19.1. The summed E-state index contributed by atoms with van der Waals surface area (Å²) in [4.78, 5) is 17.8. The Hall–Kier alpha value is -2.52. The predicted octanol–water partition coefficient (Wildman–Crippen LogP) is 4.09. The van der Waals surface area contributed by atoms with Gasteiger partial charge in [0.25, 0.3) is 0 Å². The van der Waals surface area contributed by atoms with Gasteiger partial charge >= 0.3 is 5.97 Å². The number of pyridine rings is 1. The standard InChI is InChI=1S/C22H21ClN2O4S2/c1-29-22(26)9-8-21-17(14-19(30-21)13-16-3-2-11-24-15-16)10-12-25-31(27,28)20-6-4-18(23)5-7-20/h2-9,11,14-15,25H,10,12-13H2,1H3/b9-8+. The van der Waals surface area contributed by atoms with Gasteiger partial charge < -0.3 is 4.74 Å². The fourth-order valence-electron chi connectivity index (χ4n) is 2.86. The van der Waals surface area contributed by atoms with Crippen LogP contribution >= 0.6 is 22.9 Å². The van der Waals surface area contributed by atoms with E-state index in [1.165, 1.54) is 37.5 Å². The Morgan fingerprint density at radius 1 is 1.26 bits per heavy atom. The maximum atomic E-state index is 12.5. The molecular formula is C22H21ClN2O4S2. The molecule has 3 rings (SSSR count). The first kappa shape index (κ1) is 23.1. The number of rotatable bonds is 9. The molecule has 0 aliphatic carbocycles. The van der Waals surface area contributed by atoms with Gasteiger partial charge in [-0.05, 0) is 60.0 Å². The molecule has 0 aliphatic heterocycles. The molecule has 0 aliphatic rings. The van der Waals surface area contributed by atoms with Gasteiger partial charge in [-0.15, -0.1) is 11.3 Å². The average Bonchev–Trinajstić information content (AvgIpc) is 3.14. The Bertz CT molecular complexity index is 1160. The molecule has 3 aromatic rings. The van der Waals surface area contributed by atoms with E-state index in [0.717, 1.165) is 20.9 Å². The molecule has 0 amide bonds. The molecular weight excluding hydrogens is 456 g/mol. The smallest absolute Gasteiger partial charge is 0.330 e. The lowest BCUT2D eigenvalue weighted by Gasteiger charge is -2.07. The van der Waals surface area contributed by atoms with E-state index in [4.69, 9.17) is 11.6 Å². The fourth-order valence-corrected chi connectivity index (χ4v) is 5.17. The van der Waals surface area contributed by atoms with Crippen molar-refractivity contribution in [3.63, 3.8) is 0 Å². The molecule has 0 unspecified atom stereocenters. The zero-order valence-electron chi connectivity index (χ0n) is 16.7. The molecule has 0 atom stereocenters. The summed E-state index contributed by atoms with van der Waals surface area (Å²) in [5.41, 5.74) is 2.02. The number of nitrogens with one attached hydrogen (secondary N) is 1. The molecule has 162 valence electrons. The number of benzene rings is 1. The normalized spacial score (nSPS) is 11.7. The minimum Gasteiger partial charge on any atom is -0.466 e. The second-order valence-electron chi connectivity index (χ2n) is 6.60. The summed E-state index contributed by atoms with van der Waals surface area (Å²) in [6.07, 6.45) is 7.77. The zero-order chi connectivity index (χ0) is 22.3. The topological polar surface area (TPSA) is 85.4 Å². The third-order valence-electron chi connectivity index (χ3n) is 4.38. The molecule has 0 saturated heterocycles. The molecule has 0 saturated carbocycles. The number of carbonyl (C=O) groups excluding carboxylic acids is 1. The number of esters is 1. The number of thiophene rings is 1. The first-order chi connectivity index (χ1) is 14.9. The summed E-state index contributed by atoms with van der Waals surface area (Å²) < 4.78 is 32.3. The van der Waals surface area contributed by atoms with Crippen LogP contribution in [0.25, 0.3) is 6.08 Å². The van der Waals surface area contributed by atoms with Crippen LogP contribution in [0.1, 0.15) is 20.9 Å². The van der Waals surface area contributed by atoms with Crippen molar-refractivity contribution in [2.24, 2.45) is 0 Å². The Kier molecular flexibility index (Phi) is 7.97. The summed E-state index contributed by atoms with van der Waals surface area (Å²) in [6.45, 7) is 0.215. The lowest BCUT2D eigenvalue weighted by Crippen LogP contribution is -2.26. The second kappa shape index (κ2) is 10.7. The van der Waals surface area contributed by atoms with E-state index in [1.807, 2.05) is 24.4 Å². The maximum Gasteiger partial charge on any atom is 0.330 e. The average molecular weight is 477 g/mol. The van der Waals surface area contributed by atoms with E-state index in [0.29, 0.717) is 17.9 Å². The van der Waals surface area contributed by atoms with Crippen molar-refractivity contribution >= 4 is 45.0 Å². The Morgan fingerprint density at radius 2 is 2.03 bits per heavy atom. The highest BCUT2D eigenvalue weighted by Gasteiger charge is 2.14. The van der Waals surface area contributed by atoms with Crippen molar-refractivity contribution in [1.82, 2.24) is 9.71 Å². The van der Waals surface area contributed by atoms with Gasteiger partial charge in [0.1, 0.15) is 0 Å². The lowest BCUT2D eigenvalue weighted by atomic mass is 10.1. The summed E-state index contributed by atoms with van der Waals surface area (Å²) in [7, 11) is -2.32. The number of hydrogen-bond donors (Lipinski definition) is 1. The minimum atomic E-state index is -3.64. The number of ether oxygens (including phenoxy) is 1. The first-order valence-corrected chi connectivity index (χ1v) is 12.1. The molecule has 0 radical (unpaired) electrons. The Morgan fingerprint density at radius 3 is 2.71 bits per heavy atom. The minimum absolute atomic E-state index is 0.158. The Balaban J connectivity index is 1.74. The van der Waals surface area contributed by atoms with Crippen molar-refractivity contribution in [2.45, 2.75) is 17.7 Å². The fraction of sp³-hybridized carbons (Fsp3) is 0.182. The summed E-state index contributed by atoms with van der Waals surface area (Å²) in [5.74, 6) is -0.448. The molecule has 1 N–H and O–H groups in total. The number of sulfonamides is 1. The molecule has 2 heterocycles. The van der Waals surface area contributed by atoms with Gasteiger partial charge in [0.2, 0.25) is 10.0 Å². The quantitative estimate of drug-likeness (QED) is 0.371.